The molecule has 0 spiro atoms. The Hall–Kier alpha value is 0.200. The summed E-state index contributed by atoms with van der Waals surface area (Å²) in [6.07, 6.45) is 12.9. The van der Waals surface area contributed by atoms with Crippen molar-refractivity contribution in [2.75, 3.05) is 0 Å². The molecular formula is C15H25IO2. The largest absolute Gasteiger partial charge is 0.448 e. The molecule has 2 fully saturated rings. The second kappa shape index (κ2) is 6.58. The molecule has 0 unspecified atom stereocenters. The highest BCUT2D eigenvalue weighted by Crippen LogP contribution is 2.49. The molecule has 104 valence electrons. The van der Waals surface area contributed by atoms with Gasteiger partial charge in [-0.15, -0.1) is 0 Å². The van der Waals surface area contributed by atoms with Crippen LogP contribution in [0.4, 0.5) is 0 Å². The minimum Gasteiger partial charge on any atom is -0.448 e. The molecule has 18 heavy (non-hydrogen) atoms. The molecule has 0 bridgehead atoms. The first-order valence-electron chi connectivity index (χ1n) is 7.51. The van der Waals surface area contributed by atoms with Gasteiger partial charge in [-0.1, -0.05) is 38.5 Å². The van der Waals surface area contributed by atoms with Crippen LogP contribution in [0.15, 0.2) is 0 Å². The van der Waals surface area contributed by atoms with Crippen molar-refractivity contribution in [2.45, 2.75) is 74.7 Å². The summed E-state index contributed by atoms with van der Waals surface area (Å²) in [5, 5.41) is 0. The second-order valence-electron chi connectivity index (χ2n) is 5.96. The van der Waals surface area contributed by atoms with Gasteiger partial charge in [0.15, 0.2) is 3.61 Å². The number of esters is 1. The highest BCUT2D eigenvalue weighted by atomic mass is 127. The fraction of sp³-hybridized carbons (Fsp3) is 0.933. The summed E-state index contributed by atoms with van der Waals surface area (Å²) >= 11 is 2.49. The van der Waals surface area contributed by atoms with Crippen LogP contribution in [-0.2, 0) is 9.53 Å². The third-order valence-corrected chi connectivity index (χ3v) is 6.61. The van der Waals surface area contributed by atoms with Crippen molar-refractivity contribution >= 4 is 28.6 Å². The van der Waals surface area contributed by atoms with Crippen LogP contribution in [0.2, 0.25) is 0 Å². The number of rotatable bonds is 3. The van der Waals surface area contributed by atoms with E-state index in [2.05, 4.69) is 22.6 Å². The Labute approximate surface area is 124 Å². The van der Waals surface area contributed by atoms with Gasteiger partial charge >= 0.3 is 5.97 Å². The number of halogens is 1. The molecule has 0 aromatic carbocycles. The lowest BCUT2D eigenvalue weighted by Crippen LogP contribution is -2.44. The van der Waals surface area contributed by atoms with Gasteiger partial charge in [-0.3, -0.25) is 4.79 Å². The normalized spacial score (nSPS) is 23.9. The fourth-order valence-corrected chi connectivity index (χ4v) is 5.27. The number of hydrogen-bond acceptors (Lipinski definition) is 2. The molecule has 2 nitrogen and oxygen atoms in total. The Bertz CT molecular complexity index is 260. The van der Waals surface area contributed by atoms with Crippen molar-refractivity contribution in [1.29, 1.82) is 0 Å². The minimum absolute atomic E-state index is 0.0967. The zero-order chi connectivity index (χ0) is 13.0. The summed E-state index contributed by atoms with van der Waals surface area (Å²) in [4.78, 5) is 11.5. The van der Waals surface area contributed by atoms with Gasteiger partial charge in [0.05, 0.1) is 0 Å². The molecule has 0 aliphatic heterocycles. The summed E-state index contributed by atoms with van der Waals surface area (Å²) in [5.74, 6) is 1.07. The predicted molar refractivity (Wildman–Crippen MR) is 81.7 cm³/mol. The van der Waals surface area contributed by atoms with Gasteiger partial charge in [0.1, 0.15) is 0 Å². The predicted octanol–water partition coefficient (Wildman–Crippen LogP) is 4.84. The molecule has 0 heterocycles. The molecule has 0 atom stereocenters. The van der Waals surface area contributed by atoms with E-state index in [0.29, 0.717) is 11.8 Å². The molecule has 0 N–H and O–H groups in total. The van der Waals surface area contributed by atoms with Crippen molar-refractivity contribution < 1.29 is 9.53 Å². The van der Waals surface area contributed by atoms with E-state index >= 15 is 0 Å². The van der Waals surface area contributed by atoms with E-state index in [9.17, 15) is 4.79 Å². The summed E-state index contributed by atoms with van der Waals surface area (Å²) in [7, 11) is 0. The quantitative estimate of drug-likeness (QED) is 0.407. The highest BCUT2D eigenvalue weighted by Gasteiger charge is 2.46. The van der Waals surface area contributed by atoms with Gasteiger partial charge in [0.25, 0.3) is 0 Å². The van der Waals surface area contributed by atoms with Crippen LogP contribution in [0.25, 0.3) is 0 Å². The van der Waals surface area contributed by atoms with Crippen molar-refractivity contribution in [1.82, 2.24) is 0 Å². The first-order chi connectivity index (χ1) is 8.63. The molecular weight excluding hydrogens is 339 g/mol. The van der Waals surface area contributed by atoms with Crippen LogP contribution >= 0.6 is 22.6 Å². The molecule has 3 heteroatoms. The average molecular weight is 364 g/mol. The van der Waals surface area contributed by atoms with Gasteiger partial charge in [0.2, 0.25) is 0 Å². The topological polar surface area (TPSA) is 26.3 Å². The number of alkyl halides is 1. The van der Waals surface area contributed by atoms with E-state index in [1.165, 1.54) is 64.2 Å². The lowest BCUT2D eigenvalue weighted by Gasteiger charge is -2.44. The third kappa shape index (κ3) is 3.40. The average Bonchev–Trinajstić information content (AvgIpc) is 2.40. The second-order valence-corrected chi connectivity index (χ2v) is 7.65. The van der Waals surface area contributed by atoms with E-state index in [4.69, 9.17) is 4.74 Å². The molecule has 0 aromatic rings. The first-order valence-corrected chi connectivity index (χ1v) is 8.59. The summed E-state index contributed by atoms with van der Waals surface area (Å²) in [5.41, 5.74) is 0. The fourth-order valence-electron chi connectivity index (χ4n) is 3.71. The van der Waals surface area contributed by atoms with Gasteiger partial charge in [-0.25, -0.2) is 0 Å². The standard InChI is InChI=1S/C15H25IO2/c1-12(17)18-15(16,13-8-4-2-5-9-13)14-10-6-3-7-11-14/h13-14H,2-11H2,1H3. The Morgan fingerprint density at radius 1 is 0.944 bits per heavy atom. The van der Waals surface area contributed by atoms with E-state index in [1.807, 2.05) is 0 Å². The molecule has 0 radical (unpaired) electrons. The lowest BCUT2D eigenvalue weighted by atomic mass is 9.75. The van der Waals surface area contributed by atoms with E-state index in [0.717, 1.165) is 0 Å². The van der Waals surface area contributed by atoms with Gasteiger partial charge in [-0.05, 0) is 48.3 Å². The van der Waals surface area contributed by atoms with Gasteiger partial charge in [0, 0.05) is 18.8 Å². The van der Waals surface area contributed by atoms with Gasteiger partial charge < -0.3 is 4.74 Å². The van der Waals surface area contributed by atoms with Crippen LogP contribution in [0, 0.1) is 11.8 Å². The van der Waals surface area contributed by atoms with Crippen LogP contribution in [0.1, 0.15) is 71.1 Å². The molecule has 2 rings (SSSR count). The molecule has 2 aliphatic carbocycles. The van der Waals surface area contributed by atoms with Crippen LogP contribution in [0.3, 0.4) is 0 Å². The van der Waals surface area contributed by atoms with Crippen LogP contribution in [0.5, 0.6) is 0 Å². The summed E-state index contributed by atoms with van der Waals surface area (Å²) in [6, 6.07) is 0. The number of carbonyl (C=O) groups is 1. The van der Waals surface area contributed by atoms with Crippen molar-refractivity contribution in [3.63, 3.8) is 0 Å². The van der Waals surface area contributed by atoms with Crippen molar-refractivity contribution in [2.24, 2.45) is 11.8 Å². The van der Waals surface area contributed by atoms with Crippen LogP contribution < -0.4 is 0 Å². The zero-order valence-electron chi connectivity index (χ0n) is 11.4. The first kappa shape index (κ1) is 14.6. The highest BCUT2D eigenvalue weighted by molar-refractivity contribution is 14.1. The Morgan fingerprint density at radius 2 is 1.33 bits per heavy atom. The Balaban J connectivity index is 2.11. The molecule has 0 saturated heterocycles. The van der Waals surface area contributed by atoms with E-state index in [-0.39, 0.29) is 9.58 Å². The zero-order valence-corrected chi connectivity index (χ0v) is 13.6. The maximum atomic E-state index is 11.5. The summed E-state index contributed by atoms with van der Waals surface area (Å²) in [6.45, 7) is 1.57. The minimum atomic E-state index is -0.218. The number of ether oxygens (including phenoxy) is 1. The number of hydrogen-bond donors (Lipinski definition) is 0. The molecule has 2 saturated carbocycles. The molecule has 0 amide bonds. The van der Waals surface area contributed by atoms with Gasteiger partial charge in [-0.2, -0.15) is 0 Å². The smallest absolute Gasteiger partial charge is 0.303 e. The Kier molecular flexibility index (Phi) is 5.34. The maximum Gasteiger partial charge on any atom is 0.303 e. The van der Waals surface area contributed by atoms with E-state index in [1.54, 1.807) is 6.92 Å². The third-order valence-electron chi connectivity index (χ3n) is 4.62. The lowest BCUT2D eigenvalue weighted by molar-refractivity contribution is -0.157. The summed E-state index contributed by atoms with van der Waals surface area (Å²) < 4.78 is 5.65. The number of carbonyl (C=O) groups excluding carboxylic acids is 1. The van der Waals surface area contributed by atoms with E-state index < -0.39 is 0 Å². The molecule has 0 aromatic heterocycles. The monoisotopic (exact) mass is 364 g/mol. The van der Waals surface area contributed by atoms with Crippen LogP contribution in [-0.4, -0.2) is 9.58 Å². The Morgan fingerprint density at radius 3 is 1.67 bits per heavy atom. The SMILES string of the molecule is CC(=O)OC(I)(C1CCCCC1)C1CCCCC1. The molecule has 2 aliphatic rings. The van der Waals surface area contributed by atoms with Crippen molar-refractivity contribution in [3.8, 4) is 0 Å². The van der Waals surface area contributed by atoms with Crippen molar-refractivity contribution in [3.05, 3.63) is 0 Å². The maximum absolute atomic E-state index is 11.5.